The first kappa shape index (κ1) is 17.1. The molecule has 0 atom stereocenters. The number of hydrogen-bond donors (Lipinski definition) is 3. The lowest BCUT2D eigenvalue weighted by Crippen LogP contribution is -2.63. The zero-order valence-corrected chi connectivity index (χ0v) is 14.1. The van der Waals surface area contributed by atoms with Gasteiger partial charge >= 0.3 is 0 Å². The van der Waals surface area contributed by atoms with Crippen molar-refractivity contribution in [1.29, 1.82) is 0 Å². The third kappa shape index (κ3) is 3.53. The maximum Gasteiger partial charge on any atom is 0.234 e. The van der Waals surface area contributed by atoms with Crippen LogP contribution in [0.5, 0.6) is 5.88 Å². The van der Waals surface area contributed by atoms with Crippen molar-refractivity contribution in [3.8, 4) is 5.88 Å². The number of ether oxygens (including phenoxy) is 1. The Morgan fingerprint density at radius 1 is 1.46 bits per heavy atom. The van der Waals surface area contributed by atoms with Crippen LogP contribution in [0.25, 0.3) is 0 Å². The number of carbonyl (C=O) groups excluding carboxylic acids is 1. The first-order valence-corrected chi connectivity index (χ1v) is 8.50. The summed E-state index contributed by atoms with van der Waals surface area (Å²) in [5.74, 6) is 0.465. The highest BCUT2D eigenvalue weighted by atomic mass is 16.5. The number of nitrogens with zero attached hydrogens (tertiary/aromatic N) is 2. The minimum absolute atomic E-state index is 0.0445. The van der Waals surface area contributed by atoms with E-state index in [1.807, 2.05) is 6.07 Å². The maximum atomic E-state index is 11.3. The van der Waals surface area contributed by atoms with Crippen LogP contribution in [0.2, 0.25) is 0 Å². The van der Waals surface area contributed by atoms with Crippen molar-refractivity contribution in [2.45, 2.75) is 43.4 Å². The van der Waals surface area contributed by atoms with Crippen molar-refractivity contribution >= 4 is 5.91 Å². The summed E-state index contributed by atoms with van der Waals surface area (Å²) >= 11 is 0. The van der Waals surface area contributed by atoms with Gasteiger partial charge in [-0.25, -0.2) is 4.98 Å². The van der Waals surface area contributed by atoms with Crippen molar-refractivity contribution in [2.24, 2.45) is 5.73 Å². The highest BCUT2D eigenvalue weighted by molar-refractivity contribution is 5.78. The first-order valence-electron chi connectivity index (χ1n) is 8.50. The van der Waals surface area contributed by atoms with Crippen LogP contribution in [0, 0.1) is 0 Å². The Hall–Kier alpha value is -1.70. The molecule has 1 aromatic rings. The molecule has 7 heteroatoms. The molecule has 7 nitrogen and oxygen atoms in total. The minimum atomic E-state index is -0.798. The molecule has 3 rings (SSSR count). The molecule has 1 aliphatic carbocycles. The Bertz CT molecular complexity index is 564. The lowest BCUT2D eigenvalue weighted by atomic mass is 9.77. The van der Waals surface area contributed by atoms with E-state index in [4.69, 9.17) is 10.5 Å². The molecule has 0 bridgehead atoms. The van der Waals surface area contributed by atoms with Crippen LogP contribution in [0.1, 0.15) is 31.2 Å². The number of nitrogens with two attached hydrogens (primary N) is 1. The molecular formula is C17H26N4O3. The van der Waals surface area contributed by atoms with Crippen molar-refractivity contribution < 1.29 is 14.6 Å². The van der Waals surface area contributed by atoms with Crippen LogP contribution in [-0.4, -0.2) is 59.7 Å². The molecule has 132 valence electrons. The fourth-order valence-corrected chi connectivity index (χ4v) is 3.70. The Kier molecular flexibility index (Phi) is 5.03. The van der Waals surface area contributed by atoms with Crippen LogP contribution >= 0.6 is 0 Å². The summed E-state index contributed by atoms with van der Waals surface area (Å²) in [4.78, 5) is 17.9. The molecule has 1 saturated carbocycles. The molecule has 2 fully saturated rings. The lowest BCUT2D eigenvalue weighted by Gasteiger charge is -2.48. The van der Waals surface area contributed by atoms with Gasteiger partial charge in [0.05, 0.1) is 25.3 Å². The van der Waals surface area contributed by atoms with Crippen molar-refractivity contribution in [1.82, 2.24) is 15.2 Å². The summed E-state index contributed by atoms with van der Waals surface area (Å²) in [6.07, 6.45) is 5.05. The normalized spacial score (nSPS) is 28.2. The molecule has 1 aliphatic heterocycles. The van der Waals surface area contributed by atoms with E-state index in [1.54, 1.807) is 19.4 Å². The van der Waals surface area contributed by atoms with E-state index in [9.17, 15) is 9.90 Å². The van der Waals surface area contributed by atoms with Crippen LogP contribution in [0.15, 0.2) is 18.3 Å². The minimum Gasteiger partial charge on any atom is -0.481 e. The summed E-state index contributed by atoms with van der Waals surface area (Å²) in [5, 5.41) is 13.8. The molecule has 1 aromatic heterocycles. The summed E-state index contributed by atoms with van der Waals surface area (Å²) < 4.78 is 5.07. The topological polar surface area (TPSA) is 101 Å². The van der Waals surface area contributed by atoms with Gasteiger partial charge in [-0.05, 0) is 31.7 Å². The number of aromatic nitrogens is 1. The summed E-state index contributed by atoms with van der Waals surface area (Å²) in [5.41, 5.74) is 5.38. The third-order valence-corrected chi connectivity index (χ3v) is 5.24. The molecule has 4 N–H and O–H groups in total. The number of nitrogens with one attached hydrogen (secondary N) is 1. The van der Waals surface area contributed by atoms with Gasteiger partial charge in [-0.3, -0.25) is 9.69 Å². The quantitative estimate of drug-likeness (QED) is 0.700. The predicted octanol–water partition coefficient (Wildman–Crippen LogP) is -0.0205. The second-order valence-electron chi connectivity index (χ2n) is 6.77. The van der Waals surface area contributed by atoms with E-state index in [-0.39, 0.29) is 18.5 Å². The van der Waals surface area contributed by atoms with E-state index in [1.165, 1.54) is 0 Å². The number of rotatable bonds is 5. The number of amides is 1. The Morgan fingerprint density at radius 3 is 2.71 bits per heavy atom. The fourth-order valence-electron chi connectivity index (χ4n) is 3.70. The third-order valence-electron chi connectivity index (χ3n) is 5.24. The summed E-state index contributed by atoms with van der Waals surface area (Å²) in [7, 11) is 1.58. The zero-order chi connectivity index (χ0) is 17.2. The van der Waals surface area contributed by atoms with Crippen LogP contribution in [-0.2, 0) is 10.4 Å². The Labute approximate surface area is 142 Å². The summed E-state index contributed by atoms with van der Waals surface area (Å²) in [6, 6.07) is 4.38. The second-order valence-corrected chi connectivity index (χ2v) is 6.77. The standard InChI is InChI=1S/C17H26N4O3/c1-24-16-3-2-12(9-19-16)17(23)6-4-14(5-7-17)21-10-13(11-21)20-15(22)8-18/h2-3,9,13-14,23H,4-8,10-11,18H2,1H3,(H,20,22). The van der Waals surface area contributed by atoms with Gasteiger partial charge in [-0.1, -0.05) is 0 Å². The van der Waals surface area contributed by atoms with Crippen molar-refractivity contribution in [3.63, 3.8) is 0 Å². The second kappa shape index (κ2) is 7.04. The zero-order valence-electron chi connectivity index (χ0n) is 14.1. The van der Waals surface area contributed by atoms with E-state index < -0.39 is 5.60 Å². The fraction of sp³-hybridized carbons (Fsp3) is 0.647. The molecule has 0 radical (unpaired) electrons. The lowest BCUT2D eigenvalue weighted by molar-refractivity contribution is -0.122. The SMILES string of the molecule is COc1ccc(C2(O)CCC(N3CC(NC(=O)CN)C3)CC2)cn1. The van der Waals surface area contributed by atoms with Gasteiger partial charge in [0.2, 0.25) is 11.8 Å². The highest BCUT2D eigenvalue weighted by Gasteiger charge is 2.40. The van der Waals surface area contributed by atoms with E-state index in [2.05, 4.69) is 15.2 Å². The molecule has 1 saturated heterocycles. The number of likely N-dealkylation sites (tertiary alicyclic amines) is 1. The maximum absolute atomic E-state index is 11.3. The molecule has 1 amide bonds. The van der Waals surface area contributed by atoms with Crippen molar-refractivity contribution in [2.75, 3.05) is 26.7 Å². The molecule has 0 aromatic carbocycles. The number of methoxy groups -OCH3 is 1. The monoisotopic (exact) mass is 334 g/mol. The van der Waals surface area contributed by atoms with Gasteiger partial charge in [0, 0.05) is 37.0 Å². The van der Waals surface area contributed by atoms with Crippen molar-refractivity contribution in [3.05, 3.63) is 23.9 Å². The van der Waals surface area contributed by atoms with Gasteiger partial charge < -0.3 is 20.9 Å². The molecule has 2 heterocycles. The Balaban J connectivity index is 1.50. The summed E-state index contributed by atoms with van der Waals surface area (Å²) in [6.45, 7) is 1.79. The average Bonchev–Trinajstić information content (AvgIpc) is 2.58. The average molecular weight is 334 g/mol. The van der Waals surface area contributed by atoms with Crippen LogP contribution < -0.4 is 15.8 Å². The van der Waals surface area contributed by atoms with Gasteiger partial charge in [-0.2, -0.15) is 0 Å². The molecule has 0 unspecified atom stereocenters. The number of aliphatic hydroxyl groups is 1. The number of pyridine rings is 1. The van der Waals surface area contributed by atoms with Crippen LogP contribution in [0.3, 0.4) is 0 Å². The number of carbonyl (C=O) groups is 1. The van der Waals surface area contributed by atoms with Gasteiger partial charge in [0.25, 0.3) is 0 Å². The van der Waals surface area contributed by atoms with Gasteiger partial charge in [0.15, 0.2) is 0 Å². The van der Waals surface area contributed by atoms with E-state index in [0.29, 0.717) is 11.9 Å². The smallest absolute Gasteiger partial charge is 0.234 e. The predicted molar refractivity (Wildman–Crippen MR) is 89.5 cm³/mol. The molecular weight excluding hydrogens is 308 g/mol. The van der Waals surface area contributed by atoms with Gasteiger partial charge in [-0.15, -0.1) is 0 Å². The van der Waals surface area contributed by atoms with Gasteiger partial charge in [0.1, 0.15) is 0 Å². The Morgan fingerprint density at radius 2 is 2.17 bits per heavy atom. The first-order chi connectivity index (χ1) is 11.5. The molecule has 24 heavy (non-hydrogen) atoms. The number of hydrogen-bond acceptors (Lipinski definition) is 6. The van der Waals surface area contributed by atoms with Crippen LogP contribution in [0.4, 0.5) is 0 Å². The molecule has 0 spiro atoms. The largest absolute Gasteiger partial charge is 0.481 e. The van der Waals surface area contributed by atoms with E-state index in [0.717, 1.165) is 44.3 Å². The molecule has 2 aliphatic rings. The van der Waals surface area contributed by atoms with E-state index >= 15 is 0 Å². The highest BCUT2D eigenvalue weighted by Crippen LogP contribution is 2.39.